The summed E-state index contributed by atoms with van der Waals surface area (Å²) in [4.78, 5) is 59.7. The van der Waals surface area contributed by atoms with Crippen LogP contribution in [0.25, 0.3) is 21.7 Å². The van der Waals surface area contributed by atoms with Gasteiger partial charge in [-0.05, 0) is 101 Å². The van der Waals surface area contributed by atoms with Crippen LogP contribution >= 0.6 is 23.3 Å². The Morgan fingerprint density at radius 1 is 1.12 bits per heavy atom. The Morgan fingerprint density at radius 2 is 1.95 bits per heavy atom. The summed E-state index contributed by atoms with van der Waals surface area (Å²) in [5, 5.41) is 9.75. The number of benzene rings is 2. The molecule has 2 aliphatic carbocycles. The van der Waals surface area contributed by atoms with Crippen LogP contribution < -0.4 is 24.8 Å². The average Bonchev–Trinajstić information content (AvgIpc) is 3.96. The van der Waals surface area contributed by atoms with E-state index in [-0.39, 0.29) is 41.4 Å². The minimum absolute atomic E-state index is 0.00420. The fourth-order valence-corrected chi connectivity index (χ4v) is 9.73. The molecule has 0 spiro atoms. The minimum atomic E-state index is -1.13. The van der Waals surface area contributed by atoms with Gasteiger partial charge in [-0.15, -0.1) is 11.3 Å². The number of thiazole rings is 1. The van der Waals surface area contributed by atoms with Crippen molar-refractivity contribution in [3.8, 4) is 22.5 Å². The Bertz CT molecular complexity index is 2280. The van der Waals surface area contributed by atoms with Crippen LogP contribution in [0.4, 0.5) is 10.1 Å². The third kappa shape index (κ3) is 8.77. The van der Waals surface area contributed by atoms with E-state index in [4.69, 9.17) is 24.4 Å². The third-order valence-corrected chi connectivity index (χ3v) is 14.0. The predicted octanol–water partition coefficient (Wildman–Crippen LogP) is 7.87. The van der Waals surface area contributed by atoms with Crippen LogP contribution in [0.3, 0.4) is 0 Å². The van der Waals surface area contributed by atoms with Crippen LogP contribution in [0, 0.1) is 18.7 Å². The van der Waals surface area contributed by atoms with Crippen molar-refractivity contribution in [3.05, 3.63) is 71.0 Å². The molecule has 3 fully saturated rings. The quantitative estimate of drug-likeness (QED) is 0.106. The number of nitrogens with zero attached hydrogens (tertiary/aromatic N) is 4. The number of nitrogens with one attached hydrogen (secondary N) is 3. The summed E-state index contributed by atoms with van der Waals surface area (Å²) in [6.45, 7) is 8.29. The van der Waals surface area contributed by atoms with Gasteiger partial charge in [0, 0.05) is 33.7 Å². The van der Waals surface area contributed by atoms with Gasteiger partial charge in [-0.25, -0.2) is 14.4 Å². The van der Waals surface area contributed by atoms with E-state index in [9.17, 15) is 18.8 Å². The number of anilines is 1. The molecule has 3 amide bonds. The molecule has 2 aromatic heterocycles. The number of carbonyl (C=O) groups is 3. The molecule has 1 saturated heterocycles. The molecule has 5 atom stereocenters. The average molecular weight is 842 g/mol. The largest absolute Gasteiger partial charge is 0.496 e. The highest BCUT2D eigenvalue weighted by atomic mass is 32.2. The van der Waals surface area contributed by atoms with Crippen molar-refractivity contribution in [2.45, 2.75) is 120 Å². The van der Waals surface area contributed by atoms with E-state index in [0.29, 0.717) is 51.9 Å². The van der Waals surface area contributed by atoms with Crippen LogP contribution in [-0.2, 0) is 14.4 Å². The standard InChI is InChI=1S/C44H52FN7O5S2/c1-25(2)33-24-58-40(47-33)37-48-36-26(3)35(56-5)17-16-31(36)39(49-37)57-30-21-34-38(53)50-44(42(55)51-59-43(4)18-19-43)22-27(44)12-9-7-6-8-10-15-32(41(54)52(34)23-30)46-29-14-11-13-28(45)20-29/h9,11-14,16-17,20,24-25,27,30,32,34,46H,6-8,10,15,18-19,21-23H2,1-5H3,(H,50,53)(H,51,55)/b12-9-/t27-,30-,32+,34+,44-/m1/s1. The maximum absolute atomic E-state index is 14.8. The maximum atomic E-state index is 14.8. The van der Waals surface area contributed by atoms with Crippen molar-refractivity contribution >= 4 is 57.6 Å². The molecule has 2 aromatic carbocycles. The lowest BCUT2D eigenvalue weighted by Crippen LogP contribution is -2.56. The molecule has 3 N–H and O–H groups in total. The zero-order chi connectivity index (χ0) is 41.5. The molecule has 4 heterocycles. The SMILES string of the molecule is COc1ccc2c(O[C@@H]3C[C@H]4C(=O)N[C@]5(C(=O)NSC6(C)CC6)C[C@H]5/C=C\CCCCC[C@H](Nc5cccc(F)c5)C(=O)N4C3)nc(-c3nc(C(C)C)cs3)nc2c1C. The zero-order valence-electron chi connectivity index (χ0n) is 34.2. The van der Waals surface area contributed by atoms with Crippen molar-refractivity contribution in [1.29, 1.82) is 0 Å². The van der Waals surface area contributed by atoms with Crippen molar-refractivity contribution in [3.63, 3.8) is 0 Å². The first-order chi connectivity index (χ1) is 28.4. The Morgan fingerprint density at radius 3 is 2.69 bits per heavy atom. The number of carbonyl (C=O) groups excluding carboxylic acids is 3. The van der Waals surface area contributed by atoms with Crippen molar-refractivity contribution in [2.24, 2.45) is 5.92 Å². The molecular weight excluding hydrogens is 790 g/mol. The van der Waals surface area contributed by atoms with Gasteiger partial charge in [0.1, 0.15) is 35.3 Å². The number of halogens is 1. The number of amides is 3. The highest BCUT2D eigenvalue weighted by molar-refractivity contribution is 7.99. The highest BCUT2D eigenvalue weighted by Crippen LogP contribution is 2.49. The Kier molecular flexibility index (Phi) is 11.6. The number of aryl methyl sites for hydroxylation is 1. The van der Waals surface area contributed by atoms with Gasteiger partial charge in [-0.2, -0.15) is 4.98 Å². The monoisotopic (exact) mass is 841 g/mol. The molecule has 0 bridgehead atoms. The highest BCUT2D eigenvalue weighted by Gasteiger charge is 2.61. The van der Waals surface area contributed by atoms with Crippen LogP contribution in [0.5, 0.6) is 11.6 Å². The molecule has 0 radical (unpaired) electrons. The van der Waals surface area contributed by atoms with E-state index in [1.54, 1.807) is 24.1 Å². The third-order valence-electron chi connectivity index (χ3n) is 12.0. The summed E-state index contributed by atoms with van der Waals surface area (Å²) in [5.74, 6) is 0.0563. The lowest BCUT2D eigenvalue weighted by molar-refractivity contribution is -0.140. The predicted molar refractivity (Wildman–Crippen MR) is 229 cm³/mol. The number of aromatic nitrogens is 3. The molecule has 4 aromatic rings. The number of hydrogen-bond donors (Lipinski definition) is 3. The van der Waals surface area contributed by atoms with Gasteiger partial charge < -0.3 is 25.0 Å². The lowest BCUT2D eigenvalue weighted by Gasteiger charge is -2.30. The molecular formula is C44H52FN7O5S2. The second-order valence-corrected chi connectivity index (χ2v) is 19.1. The van der Waals surface area contributed by atoms with Crippen LogP contribution in [0.2, 0.25) is 0 Å². The lowest BCUT2D eigenvalue weighted by atomic mass is 10.0. The molecule has 312 valence electrons. The zero-order valence-corrected chi connectivity index (χ0v) is 35.8. The van der Waals surface area contributed by atoms with E-state index in [0.717, 1.165) is 49.8 Å². The van der Waals surface area contributed by atoms with E-state index >= 15 is 0 Å². The summed E-state index contributed by atoms with van der Waals surface area (Å²) in [6.07, 6.45) is 10.0. The summed E-state index contributed by atoms with van der Waals surface area (Å²) < 4.78 is 29.9. The number of hydrogen-bond acceptors (Lipinski definition) is 11. The van der Waals surface area contributed by atoms with Gasteiger partial charge in [0.15, 0.2) is 10.8 Å². The number of ether oxygens (including phenoxy) is 2. The molecule has 12 nitrogen and oxygen atoms in total. The van der Waals surface area contributed by atoms with E-state index in [2.05, 4.69) is 48.3 Å². The number of methoxy groups -OCH3 is 1. The van der Waals surface area contributed by atoms with E-state index < -0.39 is 35.5 Å². The number of rotatable bonds is 10. The molecule has 2 aliphatic heterocycles. The Balaban J connectivity index is 1.14. The molecule has 0 unspecified atom stereocenters. The minimum Gasteiger partial charge on any atom is -0.496 e. The summed E-state index contributed by atoms with van der Waals surface area (Å²) in [7, 11) is 1.61. The van der Waals surface area contributed by atoms with Gasteiger partial charge in [0.05, 0.1) is 30.3 Å². The first-order valence-corrected chi connectivity index (χ1v) is 22.3. The summed E-state index contributed by atoms with van der Waals surface area (Å²) in [6, 6.07) is 8.06. The first-order valence-electron chi connectivity index (χ1n) is 20.6. The van der Waals surface area contributed by atoms with Crippen LogP contribution in [0.1, 0.15) is 95.7 Å². The van der Waals surface area contributed by atoms with Gasteiger partial charge in [-0.1, -0.05) is 44.9 Å². The fraction of sp³-hybridized carbons (Fsp3) is 0.500. The maximum Gasteiger partial charge on any atom is 0.256 e. The Hall–Kier alpha value is -4.76. The second-order valence-electron chi connectivity index (χ2n) is 16.9. The molecule has 2 saturated carbocycles. The molecule has 59 heavy (non-hydrogen) atoms. The normalized spacial score (nSPS) is 25.9. The molecule has 15 heteroatoms. The Labute approximate surface area is 352 Å². The van der Waals surface area contributed by atoms with Crippen molar-refractivity contribution in [2.75, 3.05) is 19.0 Å². The van der Waals surface area contributed by atoms with Crippen molar-refractivity contribution < 1.29 is 28.2 Å². The van der Waals surface area contributed by atoms with E-state index in [1.165, 1.54) is 35.4 Å². The second kappa shape index (κ2) is 16.7. The number of fused-ring (bicyclic) bond motifs is 3. The molecule has 8 rings (SSSR count). The van der Waals surface area contributed by atoms with Gasteiger partial charge in [-0.3, -0.25) is 19.1 Å². The van der Waals surface area contributed by atoms with Crippen LogP contribution in [0.15, 0.2) is 53.9 Å². The smallest absolute Gasteiger partial charge is 0.256 e. The molecule has 4 aliphatic rings. The summed E-state index contributed by atoms with van der Waals surface area (Å²) in [5.41, 5.74) is 1.74. The fourth-order valence-electron chi connectivity index (χ4n) is 7.99. The van der Waals surface area contributed by atoms with Crippen LogP contribution in [-0.4, -0.2) is 79.7 Å². The number of allylic oxidation sites excluding steroid dienone is 1. The first kappa shape index (κ1) is 41.0. The van der Waals surface area contributed by atoms with E-state index in [1.807, 2.05) is 24.4 Å². The topological polar surface area (TPSA) is 148 Å². The van der Waals surface area contributed by atoms with Gasteiger partial charge in [0.25, 0.3) is 5.91 Å². The van der Waals surface area contributed by atoms with Gasteiger partial charge >= 0.3 is 0 Å². The van der Waals surface area contributed by atoms with Crippen molar-refractivity contribution in [1.82, 2.24) is 29.9 Å². The van der Waals surface area contributed by atoms with Gasteiger partial charge in [0.2, 0.25) is 17.7 Å². The summed E-state index contributed by atoms with van der Waals surface area (Å²) >= 11 is 2.88.